The van der Waals surface area contributed by atoms with Gasteiger partial charge in [-0.3, -0.25) is 4.98 Å². The van der Waals surface area contributed by atoms with Crippen LogP contribution in [0.4, 0.5) is 4.39 Å². The predicted octanol–water partition coefficient (Wildman–Crippen LogP) is 1.34. The molecule has 0 aliphatic rings. The van der Waals surface area contributed by atoms with E-state index in [0.29, 0.717) is 18.4 Å². The van der Waals surface area contributed by atoms with Gasteiger partial charge in [0, 0.05) is 19.2 Å². The molecule has 1 aromatic rings. The van der Waals surface area contributed by atoms with Gasteiger partial charge in [0.1, 0.15) is 0 Å². The molecule has 2 nitrogen and oxygen atoms in total. The van der Waals surface area contributed by atoms with Crippen LogP contribution in [-0.2, 0) is 0 Å². The number of rotatable bonds is 2. The van der Waals surface area contributed by atoms with Crippen LogP contribution in [0.15, 0.2) is 18.5 Å². The third-order valence-corrected chi connectivity index (χ3v) is 1.46. The standard InChI is InChI=1S/C10H10FNO/c11-10-8-12-6-5-9(10)4-2-1-3-7-13/h5-6,8,13H,1,3,7H2. The Labute approximate surface area is 76.4 Å². The lowest BCUT2D eigenvalue weighted by Crippen LogP contribution is -1.84. The van der Waals surface area contributed by atoms with E-state index in [-0.39, 0.29) is 6.61 Å². The average Bonchev–Trinajstić information content (AvgIpc) is 2.15. The summed E-state index contributed by atoms with van der Waals surface area (Å²) in [6, 6.07) is 1.53. The summed E-state index contributed by atoms with van der Waals surface area (Å²) in [6.45, 7) is 0.119. The van der Waals surface area contributed by atoms with Crippen molar-refractivity contribution < 1.29 is 9.50 Å². The third kappa shape index (κ3) is 3.22. The fourth-order valence-electron chi connectivity index (χ4n) is 0.802. The summed E-state index contributed by atoms with van der Waals surface area (Å²) in [4.78, 5) is 3.61. The summed E-state index contributed by atoms with van der Waals surface area (Å²) in [7, 11) is 0. The number of pyridine rings is 1. The molecule has 0 unspecified atom stereocenters. The lowest BCUT2D eigenvalue weighted by Gasteiger charge is -1.90. The zero-order valence-corrected chi connectivity index (χ0v) is 7.13. The molecule has 0 atom stereocenters. The number of hydrogen-bond donors (Lipinski definition) is 1. The molecule has 1 aromatic heterocycles. The van der Waals surface area contributed by atoms with E-state index in [2.05, 4.69) is 16.8 Å². The maximum atomic E-state index is 12.9. The van der Waals surface area contributed by atoms with E-state index in [0.717, 1.165) is 6.20 Å². The van der Waals surface area contributed by atoms with E-state index in [4.69, 9.17) is 5.11 Å². The van der Waals surface area contributed by atoms with Crippen molar-refractivity contribution in [2.75, 3.05) is 6.61 Å². The Morgan fingerprint density at radius 1 is 1.54 bits per heavy atom. The van der Waals surface area contributed by atoms with Gasteiger partial charge in [-0.15, -0.1) is 0 Å². The van der Waals surface area contributed by atoms with Crippen LogP contribution in [0.1, 0.15) is 18.4 Å². The van der Waals surface area contributed by atoms with Crippen LogP contribution in [0.2, 0.25) is 0 Å². The molecule has 1 rings (SSSR count). The molecule has 0 aliphatic carbocycles. The summed E-state index contributed by atoms with van der Waals surface area (Å²) in [5.74, 6) is 5.03. The van der Waals surface area contributed by atoms with Crippen LogP contribution in [-0.4, -0.2) is 16.7 Å². The van der Waals surface area contributed by atoms with E-state index in [1.165, 1.54) is 12.3 Å². The number of halogens is 1. The first-order valence-corrected chi connectivity index (χ1v) is 4.04. The Kier molecular flexibility index (Phi) is 3.94. The molecule has 0 saturated heterocycles. The monoisotopic (exact) mass is 179 g/mol. The summed E-state index contributed by atoms with van der Waals surface area (Å²) in [5.41, 5.74) is 0.355. The van der Waals surface area contributed by atoms with Gasteiger partial charge in [0.2, 0.25) is 0 Å². The normalized spacial score (nSPS) is 9.08. The number of nitrogens with zero attached hydrogens (tertiary/aromatic N) is 1. The van der Waals surface area contributed by atoms with Crippen LogP contribution >= 0.6 is 0 Å². The number of aliphatic hydroxyl groups is 1. The second-order valence-corrected chi connectivity index (χ2v) is 2.48. The van der Waals surface area contributed by atoms with Crippen LogP contribution < -0.4 is 0 Å². The Bertz CT molecular complexity index is 327. The highest BCUT2D eigenvalue weighted by Crippen LogP contribution is 2.01. The van der Waals surface area contributed by atoms with Gasteiger partial charge in [0.05, 0.1) is 11.8 Å². The Hall–Kier alpha value is -1.40. The third-order valence-electron chi connectivity index (χ3n) is 1.46. The van der Waals surface area contributed by atoms with Gasteiger partial charge in [-0.1, -0.05) is 11.8 Å². The van der Waals surface area contributed by atoms with Crippen molar-refractivity contribution in [3.05, 3.63) is 29.8 Å². The molecular weight excluding hydrogens is 169 g/mol. The number of unbranched alkanes of at least 4 members (excludes halogenated alkanes) is 1. The Morgan fingerprint density at radius 3 is 3.08 bits per heavy atom. The van der Waals surface area contributed by atoms with Crippen LogP contribution in [0.5, 0.6) is 0 Å². The minimum atomic E-state index is -0.404. The van der Waals surface area contributed by atoms with Crippen LogP contribution in [0, 0.1) is 17.7 Å². The molecular formula is C10H10FNO. The van der Waals surface area contributed by atoms with Crippen LogP contribution in [0.3, 0.4) is 0 Å². The van der Waals surface area contributed by atoms with E-state index in [9.17, 15) is 4.39 Å². The molecule has 1 N–H and O–H groups in total. The highest BCUT2D eigenvalue weighted by molar-refractivity contribution is 5.33. The molecule has 3 heteroatoms. The summed E-state index contributed by atoms with van der Waals surface area (Å²) >= 11 is 0. The number of aromatic nitrogens is 1. The lowest BCUT2D eigenvalue weighted by molar-refractivity contribution is 0.290. The van der Waals surface area contributed by atoms with Crippen molar-refractivity contribution in [1.29, 1.82) is 0 Å². The number of aliphatic hydroxyl groups excluding tert-OH is 1. The van der Waals surface area contributed by atoms with Gasteiger partial charge in [-0.05, 0) is 12.5 Å². The van der Waals surface area contributed by atoms with Crippen molar-refractivity contribution in [2.45, 2.75) is 12.8 Å². The zero-order chi connectivity index (χ0) is 9.52. The molecule has 0 aliphatic heterocycles. The minimum absolute atomic E-state index is 0.119. The second-order valence-electron chi connectivity index (χ2n) is 2.48. The summed E-state index contributed by atoms with van der Waals surface area (Å²) in [6.07, 6.45) is 3.84. The van der Waals surface area contributed by atoms with Gasteiger partial charge in [0.15, 0.2) is 5.82 Å². The summed E-state index contributed by atoms with van der Waals surface area (Å²) < 4.78 is 12.9. The first kappa shape index (κ1) is 9.69. The molecule has 0 aromatic carbocycles. The molecule has 1 heterocycles. The molecule has 0 radical (unpaired) electrons. The quantitative estimate of drug-likeness (QED) is 0.549. The van der Waals surface area contributed by atoms with Crippen molar-refractivity contribution in [3.63, 3.8) is 0 Å². The molecule has 0 fully saturated rings. The maximum absolute atomic E-state index is 12.9. The molecule has 0 bridgehead atoms. The number of hydrogen-bond acceptors (Lipinski definition) is 2. The van der Waals surface area contributed by atoms with Crippen molar-refractivity contribution in [1.82, 2.24) is 4.98 Å². The van der Waals surface area contributed by atoms with Gasteiger partial charge in [-0.25, -0.2) is 4.39 Å². The molecule has 0 spiro atoms. The summed E-state index contributed by atoms with van der Waals surface area (Å²) in [5, 5.41) is 8.47. The first-order chi connectivity index (χ1) is 6.34. The zero-order valence-electron chi connectivity index (χ0n) is 7.13. The van der Waals surface area contributed by atoms with E-state index in [1.807, 2.05) is 0 Å². The van der Waals surface area contributed by atoms with Crippen molar-refractivity contribution in [2.24, 2.45) is 0 Å². The molecule has 13 heavy (non-hydrogen) atoms. The van der Waals surface area contributed by atoms with Gasteiger partial charge >= 0.3 is 0 Å². The highest BCUT2D eigenvalue weighted by atomic mass is 19.1. The lowest BCUT2D eigenvalue weighted by atomic mass is 10.2. The van der Waals surface area contributed by atoms with Crippen molar-refractivity contribution in [3.8, 4) is 11.8 Å². The predicted molar refractivity (Wildman–Crippen MR) is 47.4 cm³/mol. The topological polar surface area (TPSA) is 33.1 Å². The first-order valence-electron chi connectivity index (χ1n) is 4.04. The van der Waals surface area contributed by atoms with Gasteiger partial charge in [-0.2, -0.15) is 0 Å². The smallest absolute Gasteiger partial charge is 0.157 e. The fraction of sp³-hybridized carbons (Fsp3) is 0.300. The molecule has 68 valence electrons. The maximum Gasteiger partial charge on any atom is 0.157 e. The second kappa shape index (κ2) is 5.28. The van der Waals surface area contributed by atoms with Gasteiger partial charge < -0.3 is 5.11 Å². The minimum Gasteiger partial charge on any atom is -0.396 e. The SMILES string of the molecule is OCCCC#Cc1ccncc1F. The average molecular weight is 179 g/mol. The highest BCUT2D eigenvalue weighted by Gasteiger charge is 1.94. The van der Waals surface area contributed by atoms with E-state index in [1.54, 1.807) is 0 Å². The molecule has 0 amide bonds. The van der Waals surface area contributed by atoms with Gasteiger partial charge in [0.25, 0.3) is 0 Å². The Balaban J connectivity index is 2.61. The van der Waals surface area contributed by atoms with E-state index < -0.39 is 5.82 Å². The molecule has 0 saturated carbocycles. The fourth-order valence-corrected chi connectivity index (χ4v) is 0.802. The largest absolute Gasteiger partial charge is 0.396 e. The van der Waals surface area contributed by atoms with E-state index >= 15 is 0 Å². The van der Waals surface area contributed by atoms with Crippen molar-refractivity contribution >= 4 is 0 Å². The van der Waals surface area contributed by atoms with Crippen LogP contribution in [0.25, 0.3) is 0 Å². The Morgan fingerprint density at radius 2 is 2.38 bits per heavy atom.